The van der Waals surface area contributed by atoms with Crippen LogP contribution in [-0.4, -0.2) is 73.3 Å². The van der Waals surface area contributed by atoms with Crippen molar-refractivity contribution < 1.29 is 23.8 Å². The fourth-order valence-electron chi connectivity index (χ4n) is 4.17. The van der Waals surface area contributed by atoms with Gasteiger partial charge in [0.15, 0.2) is 11.5 Å². The number of nitrogens with zero attached hydrogens (tertiary/aromatic N) is 4. The van der Waals surface area contributed by atoms with Crippen LogP contribution in [0.4, 0.5) is 16.6 Å². The van der Waals surface area contributed by atoms with Crippen LogP contribution in [0.15, 0.2) is 42.5 Å². The highest BCUT2D eigenvalue weighted by molar-refractivity contribution is 5.91. The van der Waals surface area contributed by atoms with Crippen molar-refractivity contribution in [1.29, 1.82) is 0 Å². The molecule has 1 aromatic heterocycles. The number of nitrogens with two attached hydrogens (primary N) is 1. The van der Waals surface area contributed by atoms with E-state index in [2.05, 4.69) is 15.3 Å². The molecule has 37 heavy (non-hydrogen) atoms. The third kappa shape index (κ3) is 6.29. The largest absolute Gasteiger partial charge is 0.493 e. The van der Waals surface area contributed by atoms with Crippen LogP contribution in [0.1, 0.15) is 18.9 Å². The summed E-state index contributed by atoms with van der Waals surface area (Å²) in [5.74, 6) is 1.92. The van der Waals surface area contributed by atoms with Crippen molar-refractivity contribution in [2.75, 3.05) is 51.0 Å². The Labute approximate surface area is 215 Å². The van der Waals surface area contributed by atoms with Gasteiger partial charge >= 0.3 is 6.09 Å². The Hall–Kier alpha value is -4.28. The van der Waals surface area contributed by atoms with Crippen LogP contribution < -0.4 is 25.4 Å². The molecule has 2 aromatic carbocycles. The monoisotopic (exact) mass is 508 g/mol. The van der Waals surface area contributed by atoms with Gasteiger partial charge in [-0.3, -0.25) is 4.79 Å². The zero-order valence-corrected chi connectivity index (χ0v) is 21.3. The van der Waals surface area contributed by atoms with Gasteiger partial charge < -0.3 is 35.1 Å². The number of rotatable bonds is 8. The first kappa shape index (κ1) is 25.8. The lowest BCUT2D eigenvalue weighted by molar-refractivity contribution is -0.131. The summed E-state index contributed by atoms with van der Waals surface area (Å²) in [4.78, 5) is 37.8. The number of amides is 2. The lowest BCUT2D eigenvalue weighted by atomic mass is 10.2. The van der Waals surface area contributed by atoms with E-state index in [4.69, 9.17) is 19.9 Å². The number of alkyl carbamates (subject to hydrolysis) is 1. The molecule has 2 amide bonds. The molecule has 11 nitrogen and oxygen atoms in total. The molecule has 0 radical (unpaired) electrons. The van der Waals surface area contributed by atoms with E-state index in [-0.39, 0.29) is 25.0 Å². The quantitative estimate of drug-likeness (QED) is 0.471. The van der Waals surface area contributed by atoms with Gasteiger partial charge in [-0.05, 0) is 18.6 Å². The third-order valence-corrected chi connectivity index (χ3v) is 6.19. The molecule has 1 fully saturated rings. The van der Waals surface area contributed by atoms with Crippen LogP contribution in [0.25, 0.3) is 10.9 Å². The first-order chi connectivity index (χ1) is 17.9. The number of piperazine rings is 1. The highest BCUT2D eigenvalue weighted by Crippen LogP contribution is 2.34. The molecule has 196 valence electrons. The summed E-state index contributed by atoms with van der Waals surface area (Å²) < 4.78 is 16.0. The normalized spacial score (nSPS) is 14.2. The van der Waals surface area contributed by atoms with Crippen molar-refractivity contribution in [3.63, 3.8) is 0 Å². The standard InChI is InChI=1S/C26H32N6O5/c1-17(28-26(34)37-16-18-7-5-4-6-8-18)13-23(33)31-9-11-32(12-10-31)25-29-20-15-22(36-3)21(35-2)14-19(20)24(27)30-25/h4-8,14-15,17H,9-13,16H2,1-3H3,(H,28,34)(H2,27,29,30). The predicted molar refractivity (Wildman–Crippen MR) is 140 cm³/mol. The summed E-state index contributed by atoms with van der Waals surface area (Å²) in [6, 6.07) is 12.6. The number of benzene rings is 2. The summed E-state index contributed by atoms with van der Waals surface area (Å²) >= 11 is 0. The molecule has 11 heteroatoms. The third-order valence-electron chi connectivity index (χ3n) is 6.19. The second kappa shape index (κ2) is 11.6. The topological polar surface area (TPSA) is 132 Å². The number of hydrogen-bond acceptors (Lipinski definition) is 9. The number of hydrogen-bond donors (Lipinski definition) is 2. The summed E-state index contributed by atoms with van der Waals surface area (Å²) in [5.41, 5.74) is 7.77. The van der Waals surface area contributed by atoms with Gasteiger partial charge in [-0.15, -0.1) is 0 Å². The molecule has 1 unspecified atom stereocenters. The Morgan fingerprint density at radius 2 is 1.70 bits per heavy atom. The van der Waals surface area contributed by atoms with Gasteiger partial charge in [-0.1, -0.05) is 30.3 Å². The number of ether oxygens (including phenoxy) is 3. The summed E-state index contributed by atoms with van der Waals surface area (Å²) in [7, 11) is 3.12. The maximum Gasteiger partial charge on any atom is 0.407 e. The van der Waals surface area contributed by atoms with E-state index in [9.17, 15) is 9.59 Å². The van der Waals surface area contributed by atoms with Gasteiger partial charge in [0, 0.05) is 50.1 Å². The number of carbonyl (C=O) groups is 2. The first-order valence-electron chi connectivity index (χ1n) is 12.1. The first-order valence-corrected chi connectivity index (χ1v) is 12.1. The van der Waals surface area contributed by atoms with Gasteiger partial charge in [0.2, 0.25) is 11.9 Å². The van der Waals surface area contributed by atoms with Crippen LogP contribution in [-0.2, 0) is 16.1 Å². The Bertz CT molecular complexity index is 1250. The van der Waals surface area contributed by atoms with Gasteiger partial charge in [0.05, 0.1) is 19.7 Å². The molecule has 1 saturated heterocycles. The minimum Gasteiger partial charge on any atom is -0.493 e. The van der Waals surface area contributed by atoms with Gasteiger partial charge in [0.25, 0.3) is 0 Å². The molecule has 0 aliphatic carbocycles. The second-order valence-corrected chi connectivity index (χ2v) is 8.81. The number of nitrogen functional groups attached to an aromatic ring is 1. The number of nitrogens with one attached hydrogen (secondary N) is 1. The van der Waals surface area contributed by atoms with Crippen molar-refractivity contribution in [3.8, 4) is 11.5 Å². The molecular weight excluding hydrogens is 476 g/mol. The van der Waals surface area contributed by atoms with Gasteiger partial charge in [0.1, 0.15) is 12.4 Å². The lowest BCUT2D eigenvalue weighted by Crippen LogP contribution is -2.50. The van der Waals surface area contributed by atoms with E-state index in [1.54, 1.807) is 38.2 Å². The molecule has 3 aromatic rings. The lowest BCUT2D eigenvalue weighted by Gasteiger charge is -2.35. The van der Waals surface area contributed by atoms with E-state index >= 15 is 0 Å². The highest BCUT2D eigenvalue weighted by atomic mass is 16.5. The summed E-state index contributed by atoms with van der Waals surface area (Å²) in [6.07, 6.45) is -0.365. The van der Waals surface area contributed by atoms with Crippen LogP contribution in [0.2, 0.25) is 0 Å². The maximum absolute atomic E-state index is 12.8. The van der Waals surface area contributed by atoms with Crippen molar-refractivity contribution >= 4 is 34.7 Å². The number of methoxy groups -OCH3 is 2. The van der Waals surface area contributed by atoms with Crippen LogP contribution in [0.5, 0.6) is 11.5 Å². The van der Waals surface area contributed by atoms with E-state index in [0.29, 0.717) is 60.3 Å². The van der Waals surface area contributed by atoms with Crippen LogP contribution >= 0.6 is 0 Å². The zero-order chi connectivity index (χ0) is 26.4. The molecule has 1 aliphatic rings. The molecule has 3 N–H and O–H groups in total. The zero-order valence-electron chi connectivity index (χ0n) is 21.3. The van der Waals surface area contributed by atoms with Gasteiger partial charge in [-0.2, -0.15) is 4.98 Å². The number of aromatic nitrogens is 2. The number of carbonyl (C=O) groups excluding carboxylic acids is 2. The van der Waals surface area contributed by atoms with Crippen LogP contribution in [0.3, 0.4) is 0 Å². The molecular formula is C26H32N6O5. The molecule has 1 aliphatic heterocycles. The Morgan fingerprint density at radius 3 is 2.38 bits per heavy atom. The van der Waals surface area contributed by atoms with Crippen molar-refractivity contribution in [3.05, 3.63) is 48.0 Å². The van der Waals surface area contributed by atoms with E-state index < -0.39 is 6.09 Å². The Morgan fingerprint density at radius 1 is 1.03 bits per heavy atom. The second-order valence-electron chi connectivity index (χ2n) is 8.81. The Balaban J connectivity index is 1.29. The molecule has 0 saturated carbocycles. The van der Waals surface area contributed by atoms with E-state index in [1.807, 2.05) is 35.2 Å². The smallest absolute Gasteiger partial charge is 0.407 e. The highest BCUT2D eigenvalue weighted by Gasteiger charge is 2.25. The maximum atomic E-state index is 12.8. The minimum atomic E-state index is -0.547. The fourth-order valence-corrected chi connectivity index (χ4v) is 4.17. The average molecular weight is 509 g/mol. The summed E-state index contributed by atoms with van der Waals surface area (Å²) in [6.45, 7) is 4.11. The van der Waals surface area contributed by atoms with Gasteiger partial charge in [-0.25, -0.2) is 9.78 Å². The van der Waals surface area contributed by atoms with Crippen molar-refractivity contribution in [2.24, 2.45) is 0 Å². The molecule has 0 bridgehead atoms. The van der Waals surface area contributed by atoms with E-state index in [0.717, 1.165) is 5.56 Å². The SMILES string of the molecule is COc1cc2nc(N3CCN(C(=O)CC(C)NC(=O)OCc4ccccc4)CC3)nc(N)c2cc1OC. The minimum absolute atomic E-state index is 0.0358. The van der Waals surface area contributed by atoms with E-state index in [1.165, 1.54) is 0 Å². The van der Waals surface area contributed by atoms with Crippen LogP contribution in [0, 0.1) is 0 Å². The summed E-state index contributed by atoms with van der Waals surface area (Å²) in [5, 5.41) is 3.40. The number of anilines is 2. The molecule has 4 rings (SSSR count). The Kier molecular flexibility index (Phi) is 8.11. The average Bonchev–Trinajstić information content (AvgIpc) is 2.91. The van der Waals surface area contributed by atoms with Crippen molar-refractivity contribution in [2.45, 2.75) is 26.0 Å². The fraction of sp³-hybridized carbons (Fsp3) is 0.385. The molecule has 2 heterocycles. The molecule has 0 spiro atoms. The molecule has 1 atom stereocenters. The predicted octanol–water partition coefficient (Wildman–Crippen LogP) is 2.58. The van der Waals surface area contributed by atoms with Crippen molar-refractivity contribution in [1.82, 2.24) is 20.2 Å². The number of fused-ring (bicyclic) bond motifs is 1.